The van der Waals surface area contributed by atoms with E-state index in [4.69, 9.17) is 21.1 Å². The summed E-state index contributed by atoms with van der Waals surface area (Å²) in [6, 6.07) is 13.1. The summed E-state index contributed by atoms with van der Waals surface area (Å²) in [5.41, 5.74) is 3.19. The molecule has 0 unspecified atom stereocenters. The SMILES string of the molecule is COc1ccc(CCN(C)C(=O)c2cc3cc(Cl)ccc3nc2C)cc1OC. The van der Waals surface area contributed by atoms with Crippen LogP contribution in [0.3, 0.4) is 0 Å². The molecule has 0 saturated heterocycles. The normalized spacial score (nSPS) is 10.8. The van der Waals surface area contributed by atoms with Crippen LogP contribution in [0.2, 0.25) is 5.02 Å². The fourth-order valence-corrected chi connectivity index (χ4v) is 3.28. The number of pyridine rings is 1. The number of aryl methyl sites for hydroxylation is 1. The summed E-state index contributed by atoms with van der Waals surface area (Å²) in [5, 5.41) is 1.48. The molecule has 0 bridgehead atoms. The Balaban J connectivity index is 1.76. The molecule has 28 heavy (non-hydrogen) atoms. The van der Waals surface area contributed by atoms with E-state index < -0.39 is 0 Å². The molecule has 1 aromatic heterocycles. The monoisotopic (exact) mass is 398 g/mol. The lowest BCUT2D eigenvalue weighted by Crippen LogP contribution is -2.29. The molecule has 0 saturated carbocycles. The third-order valence-electron chi connectivity index (χ3n) is 4.73. The largest absolute Gasteiger partial charge is 0.493 e. The van der Waals surface area contributed by atoms with Gasteiger partial charge in [-0.2, -0.15) is 0 Å². The molecule has 0 aliphatic heterocycles. The van der Waals surface area contributed by atoms with Gasteiger partial charge in [-0.15, -0.1) is 0 Å². The summed E-state index contributed by atoms with van der Waals surface area (Å²) in [6.45, 7) is 2.42. The molecule has 2 aromatic carbocycles. The lowest BCUT2D eigenvalue weighted by molar-refractivity contribution is 0.0795. The number of amides is 1. The van der Waals surface area contributed by atoms with Crippen LogP contribution < -0.4 is 9.47 Å². The first-order valence-electron chi connectivity index (χ1n) is 8.96. The van der Waals surface area contributed by atoms with Gasteiger partial charge in [-0.3, -0.25) is 9.78 Å². The van der Waals surface area contributed by atoms with Gasteiger partial charge in [0.25, 0.3) is 5.91 Å². The highest BCUT2D eigenvalue weighted by molar-refractivity contribution is 6.31. The molecule has 146 valence electrons. The Hall–Kier alpha value is -2.79. The minimum absolute atomic E-state index is 0.0626. The van der Waals surface area contributed by atoms with Gasteiger partial charge in [-0.1, -0.05) is 17.7 Å². The van der Waals surface area contributed by atoms with E-state index in [0.717, 1.165) is 16.5 Å². The molecule has 6 heteroatoms. The van der Waals surface area contributed by atoms with Gasteiger partial charge in [0.1, 0.15) is 0 Å². The number of fused-ring (bicyclic) bond motifs is 1. The van der Waals surface area contributed by atoms with Gasteiger partial charge >= 0.3 is 0 Å². The van der Waals surface area contributed by atoms with E-state index in [1.165, 1.54) is 0 Å². The minimum atomic E-state index is -0.0626. The van der Waals surface area contributed by atoms with Crippen molar-refractivity contribution >= 4 is 28.4 Å². The van der Waals surface area contributed by atoms with Crippen LogP contribution in [0.4, 0.5) is 0 Å². The number of hydrogen-bond donors (Lipinski definition) is 0. The molecular formula is C22H23ClN2O3. The molecule has 1 amide bonds. The van der Waals surface area contributed by atoms with Gasteiger partial charge in [0.05, 0.1) is 31.0 Å². The molecule has 0 spiro atoms. The second kappa shape index (κ2) is 8.48. The van der Waals surface area contributed by atoms with Crippen molar-refractivity contribution < 1.29 is 14.3 Å². The van der Waals surface area contributed by atoms with Crippen molar-refractivity contribution in [3.05, 3.63) is 64.3 Å². The predicted molar refractivity (Wildman–Crippen MR) is 112 cm³/mol. The predicted octanol–water partition coefficient (Wildman–Crippen LogP) is 4.53. The molecule has 0 fully saturated rings. The lowest BCUT2D eigenvalue weighted by Gasteiger charge is -2.19. The number of nitrogens with zero attached hydrogens (tertiary/aromatic N) is 2. The molecule has 0 radical (unpaired) electrons. The van der Waals surface area contributed by atoms with Gasteiger partial charge < -0.3 is 14.4 Å². The van der Waals surface area contributed by atoms with Crippen molar-refractivity contribution in [2.24, 2.45) is 0 Å². The smallest absolute Gasteiger partial charge is 0.255 e. The molecule has 3 rings (SSSR count). The second-order valence-corrected chi connectivity index (χ2v) is 7.06. The molecule has 0 atom stereocenters. The van der Waals surface area contributed by atoms with Gasteiger partial charge in [0.15, 0.2) is 11.5 Å². The summed E-state index contributed by atoms with van der Waals surface area (Å²) >= 11 is 6.07. The number of halogens is 1. The highest BCUT2D eigenvalue weighted by Crippen LogP contribution is 2.28. The summed E-state index contributed by atoms with van der Waals surface area (Å²) in [5.74, 6) is 1.31. The van der Waals surface area contributed by atoms with Crippen LogP contribution in [-0.2, 0) is 6.42 Å². The van der Waals surface area contributed by atoms with Gasteiger partial charge in [0, 0.05) is 24.0 Å². The third kappa shape index (κ3) is 4.20. The Kier molecular flexibility index (Phi) is 6.05. The van der Waals surface area contributed by atoms with Crippen LogP contribution in [0.5, 0.6) is 11.5 Å². The first kappa shape index (κ1) is 20.0. The number of likely N-dealkylation sites (N-methyl/N-ethyl adjacent to an activating group) is 1. The zero-order valence-corrected chi connectivity index (χ0v) is 17.2. The second-order valence-electron chi connectivity index (χ2n) is 6.62. The zero-order chi connectivity index (χ0) is 20.3. The fraction of sp³-hybridized carbons (Fsp3) is 0.273. The Labute approximate surface area is 169 Å². The topological polar surface area (TPSA) is 51.7 Å². The molecule has 3 aromatic rings. The van der Waals surface area contributed by atoms with Crippen molar-refractivity contribution in [1.29, 1.82) is 0 Å². The number of carbonyl (C=O) groups excluding carboxylic acids is 1. The van der Waals surface area contributed by atoms with Crippen molar-refractivity contribution in [2.75, 3.05) is 27.8 Å². The van der Waals surface area contributed by atoms with E-state index in [1.54, 1.807) is 32.2 Å². The molecule has 0 aliphatic rings. The van der Waals surface area contributed by atoms with Crippen molar-refractivity contribution in [1.82, 2.24) is 9.88 Å². The summed E-state index contributed by atoms with van der Waals surface area (Å²) < 4.78 is 10.6. The summed E-state index contributed by atoms with van der Waals surface area (Å²) in [7, 11) is 5.01. The summed E-state index contributed by atoms with van der Waals surface area (Å²) in [6.07, 6.45) is 0.703. The van der Waals surface area contributed by atoms with Gasteiger partial charge in [-0.05, 0) is 55.3 Å². The standard InChI is InChI=1S/C22H23ClN2O3/c1-14-18(13-16-12-17(23)6-7-19(16)24-14)22(26)25(2)10-9-15-5-8-20(27-3)21(11-15)28-4/h5-8,11-13H,9-10H2,1-4H3. The average molecular weight is 399 g/mol. The number of carbonyl (C=O) groups is 1. The van der Waals surface area contributed by atoms with Gasteiger partial charge in [-0.25, -0.2) is 0 Å². The molecule has 1 heterocycles. The number of benzene rings is 2. The van der Waals surface area contributed by atoms with Crippen molar-refractivity contribution in [3.8, 4) is 11.5 Å². The third-order valence-corrected chi connectivity index (χ3v) is 4.96. The number of aromatic nitrogens is 1. The molecule has 0 aliphatic carbocycles. The zero-order valence-electron chi connectivity index (χ0n) is 16.5. The van der Waals surface area contributed by atoms with Gasteiger partial charge in [0.2, 0.25) is 0 Å². The highest BCUT2D eigenvalue weighted by atomic mass is 35.5. The Morgan fingerprint density at radius 1 is 1.07 bits per heavy atom. The van der Waals surface area contributed by atoms with Crippen LogP contribution in [-0.4, -0.2) is 43.6 Å². The van der Waals surface area contributed by atoms with Crippen molar-refractivity contribution in [2.45, 2.75) is 13.3 Å². The lowest BCUT2D eigenvalue weighted by atomic mass is 10.1. The maximum atomic E-state index is 12.9. The average Bonchev–Trinajstić information content (AvgIpc) is 2.70. The maximum absolute atomic E-state index is 12.9. The number of ether oxygens (including phenoxy) is 2. The molecular weight excluding hydrogens is 376 g/mol. The van der Waals surface area contributed by atoms with Crippen LogP contribution in [0, 0.1) is 6.92 Å². The van der Waals surface area contributed by atoms with Crippen LogP contribution >= 0.6 is 11.6 Å². The van der Waals surface area contributed by atoms with E-state index in [-0.39, 0.29) is 5.91 Å². The Morgan fingerprint density at radius 2 is 1.82 bits per heavy atom. The fourth-order valence-electron chi connectivity index (χ4n) is 3.10. The number of hydrogen-bond acceptors (Lipinski definition) is 4. The van der Waals surface area contributed by atoms with Crippen LogP contribution in [0.25, 0.3) is 10.9 Å². The van der Waals surface area contributed by atoms with E-state index in [9.17, 15) is 4.79 Å². The Morgan fingerprint density at radius 3 is 2.54 bits per heavy atom. The van der Waals surface area contributed by atoms with E-state index in [0.29, 0.717) is 40.7 Å². The first-order chi connectivity index (χ1) is 13.4. The van der Waals surface area contributed by atoms with E-state index >= 15 is 0 Å². The van der Waals surface area contributed by atoms with Crippen LogP contribution in [0.1, 0.15) is 21.6 Å². The van der Waals surface area contributed by atoms with Crippen molar-refractivity contribution in [3.63, 3.8) is 0 Å². The van der Waals surface area contributed by atoms with E-state index in [2.05, 4.69) is 4.98 Å². The Bertz CT molecular complexity index is 1020. The van der Waals surface area contributed by atoms with Crippen LogP contribution in [0.15, 0.2) is 42.5 Å². The number of methoxy groups -OCH3 is 2. The maximum Gasteiger partial charge on any atom is 0.255 e. The molecule has 5 nitrogen and oxygen atoms in total. The minimum Gasteiger partial charge on any atom is -0.493 e. The quantitative estimate of drug-likeness (QED) is 0.612. The highest BCUT2D eigenvalue weighted by Gasteiger charge is 2.16. The first-order valence-corrected chi connectivity index (χ1v) is 9.34. The molecule has 0 N–H and O–H groups in total. The summed E-state index contributed by atoms with van der Waals surface area (Å²) in [4.78, 5) is 19.2. The number of rotatable bonds is 6. The van der Waals surface area contributed by atoms with E-state index in [1.807, 2.05) is 43.3 Å².